The summed E-state index contributed by atoms with van der Waals surface area (Å²) in [5.41, 5.74) is 0.757. The third-order valence-electron chi connectivity index (χ3n) is 3.95. The molecule has 1 aromatic carbocycles. The molecule has 1 aromatic rings. The number of hydrogen-bond donors (Lipinski definition) is 2. The highest BCUT2D eigenvalue weighted by atomic mass is 35.5. The summed E-state index contributed by atoms with van der Waals surface area (Å²) in [6.45, 7) is 9.21. The Morgan fingerprint density at radius 3 is 2.43 bits per heavy atom. The summed E-state index contributed by atoms with van der Waals surface area (Å²) in [5, 5.41) is 3.24. The van der Waals surface area contributed by atoms with Gasteiger partial charge in [0.2, 0.25) is 10.0 Å². The molecule has 0 heterocycles. The van der Waals surface area contributed by atoms with Crippen molar-refractivity contribution in [3.05, 3.63) is 28.8 Å². The van der Waals surface area contributed by atoms with Crippen LogP contribution >= 0.6 is 11.6 Å². The van der Waals surface area contributed by atoms with E-state index in [2.05, 4.69) is 23.9 Å². The Morgan fingerprint density at radius 2 is 1.90 bits per heavy atom. The third kappa shape index (κ3) is 4.95. The van der Waals surface area contributed by atoms with Crippen LogP contribution in [0.1, 0.15) is 33.3 Å². The number of benzene rings is 1. The van der Waals surface area contributed by atoms with Crippen LogP contribution in [0.2, 0.25) is 5.02 Å². The molecule has 0 bridgehead atoms. The van der Waals surface area contributed by atoms with E-state index in [9.17, 15) is 8.42 Å². The van der Waals surface area contributed by atoms with Crippen molar-refractivity contribution in [1.29, 1.82) is 0 Å². The van der Waals surface area contributed by atoms with Crippen molar-refractivity contribution in [2.24, 2.45) is 11.3 Å². The smallest absolute Gasteiger partial charge is 0.242 e. The maximum Gasteiger partial charge on any atom is 0.242 e. The summed E-state index contributed by atoms with van der Waals surface area (Å²) in [4.78, 5) is 0.136. The van der Waals surface area contributed by atoms with Gasteiger partial charge in [0.1, 0.15) is 4.90 Å². The molecule has 0 aromatic heterocycles. The number of rotatable bonds is 7. The first-order valence-electron chi connectivity index (χ1n) is 7.03. The second kappa shape index (κ2) is 7.09. The van der Waals surface area contributed by atoms with Crippen LogP contribution < -0.4 is 10.0 Å². The molecule has 120 valence electrons. The summed E-state index contributed by atoms with van der Waals surface area (Å²) < 4.78 is 27.6. The van der Waals surface area contributed by atoms with Crippen LogP contribution in [0.15, 0.2) is 23.1 Å². The van der Waals surface area contributed by atoms with Crippen molar-refractivity contribution < 1.29 is 8.42 Å². The Labute approximate surface area is 133 Å². The van der Waals surface area contributed by atoms with Crippen molar-refractivity contribution >= 4 is 21.6 Å². The second-order valence-electron chi connectivity index (χ2n) is 6.26. The lowest BCUT2D eigenvalue weighted by atomic mass is 9.81. The van der Waals surface area contributed by atoms with Crippen LogP contribution in [0.5, 0.6) is 0 Å². The molecule has 0 radical (unpaired) electrons. The molecule has 0 unspecified atom stereocenters. The number of hydrogen-bond acceptors (Lipinski definition) is 3. The zero-order valence-corrected chi connectivity index (χ0v) is 14.9. The standard InChI is InChI=1S/C15H25ClN2O2S/c1-11(2)15(3,4)10-18-21(19,20)14-8-12(9-17-5)6-7-13(14)16/h6-8,11,17-18H,9-10H2,1-5H3. The van der Waals surface area contributed by atoms with Crippen LogP contribution in [-0.4, -0.2) is 22.0 Å². The van der Waals surface area contributed by atoms with E-state index in [1.165, 1.54) is 0 Å². The van der Waals surface area contributed by atoms with Crippen LogP contribution in [0.25, 0.3) is 0 Å². The average Bonchev–Trinajstić information content (AvgIpc) is 2.39. The molecule has 0 aliphatic heterocycles. The van der Waals surface area contributed by atoms with Crippen molar-refractivity contribution in [1.82, 2.24) is 10.0 Å². The fourth-order valence-electron chi connectivity index (χ4n) is 1.63. The topological polar surface area (TPSA) is 58.2 Å². The molecule has 0 saturated heterocycles. The molecule has 0 spiro atoms. The first-order chi connectivity index (χ1) is 9.60. The van der Waals surface area contributed by atoms with E-state index in [-0.39, 0.29) is 15.3 Å². The minimum absolute atomic E-state index is 0.123. The molecular weight excluding hydrogens is 308 g/mol. The van der Waals surface area contributed by atoms with Gasteiger partial charge in [0.05, 0.1) is 5.02 Å². The maximum absolute atomic E-state index is 12.5. The predicted octanol–water partition coefficient (Wildman–Crippen LogP) is 3.02. The van der Waals surface area contributed by atoms with Gasteiger partial charge in [-0.2, -0.15) is 0 Å². The molecule has 6 heteroatoms. The zero-order chi connectivity index (χ0) is 16.3. The summed E-state index contributed by atoms with van der Waals surface area (Å²) in [6, 6.07) is 5.05. The van der Waals surface area contributed by atoms with E-state index >= 15 is 0 Å². The van der Waals surface area contributed by atoms with Crippen molar-refractivity contribution in [2.75, 3.05) is 13.6 Å². The quantitative estimate of drug-likeness (QED) is 0.807. The van der Waals surface area contributed by atoms with Gasteiger partial charge in [0, 0.05) is 13.1 Å². The summed E-state index contributed by atoms with van der Waals surface area (Å²) in [7, 11) is -1.80. The van der Waals surface area contributed by atoms with Gasteiger partial charge in [-0.25, -0.2) is 13.1 Å². The second-order valence-corrected chi connectivity index (χ2v) is 8.41. The Morgan fingerprint density at radius 1 is 1.29 bits per heavy atom. The molecule has 1 rings (SSSR count). The monoisotopic (exact) mass is 332 g/mol. The first-order valence-corrected chi connectivity index (χ1v) is 8.89. The lowest BCUT2D eigenvalue weighted by molar-refractivity contribution is 0.252. The van der Waals surface area contributed by atoms with Crippen LogP contribution in [0.3, 0.4) is 0 Å². The highest BCUT2D eigenvalue weighted by Crippen LogP contribution is 2.27. The molecular formula is C15H25ClN2O2S. The third-order valence-corrected chi connectivity index (χ3v) is 5.83. The van der Waals surface area contributed by atoms with Crippen molar-refractivity contribution in [3.8, 4) is 0 Å². The lowest BCUT2D eigenvalue weighted by Gasteiger charge is -2.29. The first kappa shape index (κ1) is 18.4. The number of sulfonamides is 1. The van der Waals surface area contributed by atoms with E-state index in [0.717, 1.165) is 5.56 Å². The molecule has 0 amide bonds. The molecule has 0 aliphatic rings. The van der Waals surface area contributed by atoms with E-state index in [4.69, 9.17) is 11.6 Å². The van der Waals surface area contributed by atoms with E-state index in [1.54, 1.807) is 12.1 Å². The normalized spacial score (nSPS) is 12.9. The average molecular weight is 333 g/mol. The molecule has 21 heavy (non-hydrogen) atoms. The van der Waals surface area contributed by atoms with E-state index in [1.807, 2.05) is 27.0 Å². The number of nitrogens with one attached hydrogen (secondary N) is 2. The zero-order valence-electron chi connectivity index (χ0n) is 13.3. The molecule has 2 N–H and O–H groups in total. The van der Waals surface area contributed by atoms with E-state index in [0.29, 0.717) is 19.0 Å². The minimum atomic E-state index is -3.61. The fourth-order valence-corrected chi connectivity index (χ4v) is 3.40. The highest BCUT2D eigenvalue weighted by molar-refractivity contribution is 7.89. The Hall–Kier alpha value is -0.620. The van der Waals surface area contributed by atoms with Gasteiger partial charge in [0.15, 0.2) is 0 Å². The fraction of sp³-hybridized carbons (Fsp3) is 0.600. The van der Waals surface area contributed by atoms with Crippen molar-refractivity contribution in [2.45, 2.75) is 39.1 Å². The molecule has 0 aliphatic carbocycles. The SMILES string of the molecule is CNCc1ccc(Cl)c(S(=O)(=O)NCC(C)(C)C(C)C)c1. The van der Waals surface area contributed by atoms with Crippen LogP contribution in [-0.2, 0) is 16.6 Å². The van der Waals surface area contributed by atoms with Crippen LogP contribution in [0.4, 0.5) is 0 Å². The van der Waals surface area contributed by atoms with Gasteiger partial charge in [-0.05, 0) is 36.1 Å². The molecule has 4 nitrogen and oxygen atoms in total. The molecule has 0 fully saturated rings. The number of halogens is 1. The summed E-state index contributed by atoms with van der Waals surface area (Å²) in [5.74, 6) is 0.367. The summed E-state index contributed by atoms with van der Waals surface area (Å²) >= 11 is 6.05. The highest BCUT2D eigenvalue weighted by Gasteiger charge is 2.26. The van der Waals surface area contributed by atoms with Gasteiger partial charge >= 0.3 is 0 Å². The predicted molar refractivity (Wildman–Crippen MR) is 88.0 cm³/mol. The largest absolute Gasteiger partial charge is 0.316 e. The minimum Gasteiger partial charge on any atom is -0.316 e. The van der Waals surface area contributed by atoms with Crippen molar-refractivity contribution in [3.63, 3.8) is 0 Å². The van der Waals surface area contributed by atoms with Gasteiger partial charge in [-0.3, -0.25) is 0 Å². The van der Waals surface area contributed by atoms with E-state index < -0.39 is 10.0 Å². The van der Waals surface area contributed by atoms with Gasteiger partial charge in [0.25, 0.3) is 0 Å². The molecule has 0 atom stereocenters. The Kier molecular flexibility index (Phi) is 6.23. The van der Waals surface area contributed by atoms with Crippen LogP contribution in [0, 0.1) is 11.3 Å². The van der Waals surface area contributed by atoms with Gasteiger partial charge in [-0.15, -0.1) is 0 Å². The molecule has 0 saturated carbocycles. The maximum atomic E-state index is 12.5. The summed E-state index contributed by atoms with van der Waals surface area (Å²) in [6.07, 6.45) is 0. The Balaban J connectivity index is 3.00. The Bertz CT molecular complexity index is 583. The lowest BCUT2D eigenvalue weighted by Crippen LogP contribution is -2.37. The van der Waals surface area contributed by atoms with Gasteiger partial charge in [-0.1, -0.05) is 45.4 Å². The van der Waals surface area contributed by atoms with Gasteiger partial charge < -0.3 is 5.32 Å².